The van der Waals surface area contributed by atoms with Gasteiger partial charge in [0.05, 0.1) is 12.1 Å². The van der Waals surface area contributed by atoms with Gasteiger partial charge in [0, 0.05) is 22.5 Å². The highest BCUT2D eigenvalue weighted by Crippen LogP contribution is 2.46. The second-order valence-corrected chi connectivity index (χ2v) is 5.85. The summed E-state index contributed by atoms with van der Waals surface area (Å²) in [5.41, 5.74) is 1.20. The van der Waals surface area contributed by atoms with Crippen molar-refractivity contribution in [2.45, 2.75) is 12.3 Å². The molecule has 0 spiro atoms. The zero-order chi connectivity index (χ0) is 15.2. The number of carbonyl (C=O) groups excluding carboxylic acids is 1. The van der Waals surface area contributed by atoms with E-state index < -0.39 is 5.41 Å². The van der Waals surface area contributed by atoms with Crippen LogP contribution in [0.2, 0.25) is 10.0 Å². The quantitative estimate of drug-likeness (QED) is 0.918. The number of benzene rings is 1. The van der Waals surface area contributed by atoms with Gasteiger partial charge in [-0.25, -0.2) is 4.98 Å². The van der Waals surface area contributed by atoms with Crippen LogP contribution in [0, 0.1) is 0 Å². The molecular weight excluding hydrogens is 311 g/mol. The van der Waals surface area contributed by atoms with Crippen LogP contribution in [0.25, 0.3) is 0 Å². The zero-order valence-electron chi connectivity index (χ0n) is 11.4. The van der Waals surface area contributed by atoms with Crippen LogP contribution in [0.4, 0.5) is 5.69 Å². The lowest BCUT2D eigenvalue weighted by atomic mass is 9.77. The summed E-state index contributed by atoms with van der Waals surface area (Å²) < 4.78 is 5.29. The zero-order valence-corrected chi connectivity index (χ0v) is 12.9. The molecule has 1 aromatic carbocycles. The van der Waals surface area contributed by atoms with Gasteiger partial charge in [-0.05, 0) is 30.7 Å². The Kier molecular flexibility index (Phi) is 3.30. The van der Waals surface area contributed by atoms with E-state index >= 15 is 0 Å². The predicted octanol–water partition coefficient (Wildman–Crippen LogP) is 3.66. The van der Waals surface area contributed by atoms with E-state index in [1.807, 2.05) is 13.0 Å². The average Bonchev–Trinajstić information content (AvgIpc) is 2.70. The van der Waals surface area contributed by atoms with Gasteiger partial charge in [-0.2, -0.15) is 0 Å². The number of aromatic nitrogens is 1. The van der Waals surface area contributed by atoms with Gasteiger partial charge >= 0.3 is 0 Å². The van der Waals surface area contributed by atoms with Crippen molar-refractivity contribution in [1.82, 2.24) is 4.98 Å². The molecule has 0 saturated carbocycles. The van der Waals surface area contributed by atoms with Crippen molar-refractivity contribution >= 4 is 34.8 Å². The molecule has 0 fully saturated rings. The molecule has 3 rings (SSSR count). The first-order chi connectivity index (χ1) is 9.96. The molecule has 21 heavy (non-hydrogen) atoms. The maximum absolute atomic E-state index is 12.6. The van der Waals surface area contributed by atoms with Crippen LogP contribution in [0.1, 0.15) is 18.1 Å². The van der Waals surface area contributed by atoms with Crippen molar-refractivity contribution in [2.75, 3.05) is 12.4 Å². The first-order valence-corrected chi connectivity index (χ1v) is 7.04. The molecule has 6 heteroatoms. The van der Waals surface area contributed by atoms with Crippen LogP contribution < -0.4 is 10.1 Å². The number of hydrogen-bond acceptors (Lipinski definition) is 3. The standard InChI is InChI=1S/C15H12Cl2N2O2/c1-15(11-5-9(17)7-18-13(11)21-2)10-4-3-8(16)6-12(10)19-14(15)20/h3-7H,1-2H3,(H,19,20)/t15-/m1/s1. The predicted molar refractivity (Wildman–Crippen MR) is 82.3 cm³/mol. The molecule has 1 aliphatic heterocycles. The SMILES string of the molecule is COc1ncc(Cl)cc1[C@]1(C)C(=O)Nc2cc(Cl)ccc21. The number of ether oxygens (including phenoxy) is 1. The Morgan fingerprint density at radius 1 is 1.19 bits per heavy atom. The van der Waals surface area contributed by atoms with E-state index in [0.717, 1.165) is 5.56 Å². The summed E-state index contributed by atoms with van der Waals surface area (Å²) in [7, 11) is 1.51. The number of methoxy groups -OCH3 is 1. The van der Waals surface area contributed by atoms with Gasteiger partial charge < -0.3 is 10.1 Å². The summed E-state index contributed by atoms with van der Waals surface area (Å²) in [5, 5.41) is 3.86. The molecular formula is C15H12Cl2N2O2. The van der Waals surface area contributed by atoms with Gasteiger partial charge in [0.15, 0.2) is 0 Å². The summed E-state index contributed by atoms with van der Waals surface area (Å²) in [6.45, 7) is 1.82. The topological polar surface area (TPSA) is 51.2 Å². The molecule has 0 aliphatic carbocycles. The highest BCUT2D eigenvalue weighted by atomic mass is 35.5. The molecule has 0 saturated heterocycles. The minimum Gasteiger partial charge on any atom is -0.481 e. The van der Waals surface area contributed by atoms with E-state index in [2.05, 4.69) is 10.3 Å². The Morgan fingerprint density at radius 2 is 1.95 bits per heavy atom. The molecule has 1 N–H and O–H groups in total. The van der Waals surface area contributed by atoms with E-state index in [0.29, 0.717) is 27.2 Å². The summed E-state index contributed by atoms with van der Waals surface area (Å²) in [6, 6.07) is 7.01. The Hall–Kier alpha value is -1.78. The monoisotopic (exact) mass is 322 g/mol. The number of rotatable bonds is 2. The van der Waals surface area contributed by atoms with Gasteiger partial charge in [0.2, 0.25) is 11.8 Å². The van der Waals surface area contributed by atoms with Crippen LogP contribution in [-0.4, -0.2) is 18.0 Å². The summed E-state index contributed by atoms with van der Waals surface area (Å²) in [4.78, 5) is 16.7. The highest BCUT2D eigenvalue weighted by Gasteiger charge is 2.46. The Balaban J connectivity index is 2.27. The first-order valence-electron chi connectivity index (χ1n) is 6.28. The van der Waals surface area contributed by atoms with Crippen molar-refractivity contribution in [3.8, 4) is 5.88 Å². The fourth-order valence-corrected chi connectivity index (χ4v) is 2.97. The maximum atomic E-state index is 12.6. The third-order valence-electron chi connectivity index (χ3n) is 3.77. The van der Waals surface area contributed by atoms with Gasteiger partial charge in [0.1, 0.15) is 5.41 Å². The number of nitrogens with zero attached hydrogens (tertiary/aromatic N) is 1. The van der Waals surface area contributed by atoms with Gasteiger partial charge in [0.25, 0.3) is 0 Å². The van der Waals surface area contributed by atoms with E-state index in [9.17, 15) is 4.79 Å². The number of hydrogen-bond donors (Lipinski definition) is 1. The highest BCUT2D eigenvalue weighted by molar-refractivity contribution is 6.31. The summed E-state index contributed by atoms with van der Waals surface area (Å²) >= 11 is 12.0. The molecule has 2 heterocycles. The summed E-state index contributed by atoms with van der Waals surface area (Å²) in [6.07, 6.45) is 1.49. The number of carbonyl (C=O) groups is 1. The Morgan fingerprint density at radius 3 is 2.67 bits per heavy atom. The number of amides is 1. The third-order valence-corrected chi connectivity index (χ3v) is 4.21. The van der Waals surface area contributed by atoms with Crippen LogP contribution in [-0.2, 0) is 10.2 Å². The molecule has 0 bridgehead atoms. The van der Waals surface area contributed by atoms with E-state index in [-0.39, 0.29) is 5.91 Å². The third kappa shape index (κ3) is 2.06. The minimum absolute atomic E-state index is 0.165. The van der Waals surface area contributed by atoms with Crippen LogP contribution in [0.15, 0.2) is 30.5 Å². The van der Waals surface area contributed by atoms with Gasteiger partial charge in [-0.1, -0.05) is 29.3 Å². The summed E-state index contributed by atoms with van der Waals surface area (Å²) in [5.74, 6) is 0.210. The van der Waals surface area contributed by atoms with Gasteiger partial charge in [-0.15, -0.1) is 0 Å². The van der Waals surface area contributed by atoms with Gasteiger partial charge in [-0.3, -0.25) is 4.79 Å². The smallest absolute Gasteiger partial charge is 0.239 e. The second-order valence-electron chi connectivity index (χ2n) is 4.98. The number of nitrogens with one attached hydrogen (secondary N) is 1. The minimum atomic E-state index is -0.927. The number of pyridine rings is 1. The Bertz CT molecular complexity index is 748. The number of anilines is 1. The molecule has 0 unspecified atom stereocenters. The molecule has 4 nitrogen and oxygen atoms in total. The van der Waals surface area contributed by atoms with E-state index in [4.69, 9.17) is 27.9 Å². The first kappa shape index (κ1) is 14.2. The van der Waals surface area contributed by atoms with E-state index in [1.165, 1.54) is 13.3 Å². The van der Waals surface area contributed by atoms with Crippen LogP contribution in [0.3, 0.4) is 0 Å². The molecule has 1 aromatic heterocycles. The maximum Gasteiger partial charge on any atom is 0.239 e. The fourth-order valence-electron chi connectivity index (χ4n) is 2.64. The van der Waals surface area contributed by atoms with Crippen molar-refractivity contribution in [3.63, 3.8) is 0 Å². The van der Waals surface area contributed by atoms with E-state index in [1.54, 1.807) is 18.2 Å². The lowest BCUT2D eigenvalue weighted by Gasteiger charge is -2.24. The average molecular weight is 323 g/mol. The second kappa shape index (κ2) is 4.90. The van der Waals surface area contributed by atoms with Crippen molar-refractivity contribution in [1.29, 1.82) is 0 Å². The molecule has 2 aromatic rings. The van der Waals surface area contributed by atoms with Crippen LogP contribution >= 0.6 is 23.2 Å². The molecule has 108 valence electrons. The van der Waals surface area contributed by atoms with Crippen LogP contribution in [0.5, 0.6) is 5.88 Å². The lowest BCUT2D eigenvalue weighted by Crippen LogP contribution is -2.33. The fraction of sp³-hybridized carbons (Fsp3) is 0.200. The molecule has 0 radical (unpaired) electrons. The largest absolute Gasteiger partial charge is 0.481 e. The lowest BCUT2D eigenvalue weighted by molar-refractivity contribution is -0.119. The number of halogens is 2. The normalized spacial score (nSPS) is 20.1. The molecule has 1 amide bonds. The molecule has 1 aliphatic rings. The van der Waals surface area contributed by atoms with Crippen molar-refractivity contribution < 1.29 is 9.53 Å². The van der Waals surface area contributed by atoms with Crippen molar-refractivity contribution in [3.05, 3.63) is 51.6 Å². The Labute approximate surface area is 132 Å². The number of fused-ring (bicyclic) bond motifs is 1. The molecule has 1 atom stereocenters. The van der Waals surface area contributed by atoms with Crippen molar-refractivity contribution in [2.24, 2.45) is 0 Å².